The van der Waals surface area contributed by atoms with Crippen molar-refractivity contribution in [2.45, 2.75) is 44.7 Å². The Morgan fingerprint density at radius 3 is 3.05 bits per heavy atom. The number of nitrogens with one attached hydrogen (secondary N) is 2. The molecule has 1 aliphatic rings. The topological polar surface area (TPSA) is 47.8 Å². The predicted octanol–water partition coefficient (Wildman–Crippen LogP) is 3.03. The van der Waals surface area contributed by atoms with Crippen LogP contribution in [0.25, 0.3) is 0 Å². The molecule has 1 aromatic carbocycles. The molecule has 0 aliphatic carbocycles. The van der Waals surface area contributed by atoms with Crippen LogP contribution in [0.4, 0.5) is 10.1 Å². The van der Waals surface area contributed by atoms with E-state index >= 15 is 0 Å². The molecular formula is C15H20FN3. The Labute approximate surface area is 113 Å². The van der Waals surface area contributed by atoms with Crippen molar-refractivity contribution in [2.75, 3.05) is 11.9 Å². The minimum Gasteiger partial charge on any atom is -0.381 e. The van der Waals surface area contributed by atoms with Gasteiger partial charge in [0.15, 0.2) is 0 Å². The lowest BCUT2D eigenvalue weighted by Gasteiger charge is -2.27. The average Bonchev–Trinajstić information content (AvgIpc) is 2.42. The number of hydrogen-bond donors (Lipinski definition) is 2. The lowest BCUT2D eigenvalue weighted by atomic mass is 9.98. The van der Waals surface area contributed by atoms with Crippen LogP contribution in [0.15, 0.2) is 18.2 Å². The summed E-state index contributed by atoms with van der Waals surface area (Å²) in [5.74, 6) is -0.372. The molecule has 0 aromatic heterocycles. The molecule has 1 aliphatic heterocycles. The van der Waals surface area contributed by atoms with Gasteiger partial charge in [0.2, 0.25) is 0 Å². The molecule has 0 spiro atoms. The summed E-state index contributed by atoms with van der Waals surface area (Å²) in [4.78, 5) is 0. The molecule has 2 N–H and O–H groups in total. The fraction of sp³-hybridized carbons (Fsp3) is 0.533. The van der Waals surface area contributed by atoms with Crippen LogP contribution in [0, 0.1) is 17.1 Å². The van der Waals surface area contributed by atoms with Crippen molar-refractivity contribution in [3.63, 3.8) is 0 Å². The Morgan fingerprint density at radius 2 is 2.37 bits per heavy atom. The molecule has 2 unspecified atom stereocenters. The first-order valence-electron chi connectivity index (χ1n) is 6.88. The molecule has 1 fully saturated rings. The van der Waals surface area contributed by atoms with E-state index in [2.05, 4.69) is 17.6 Å². The van der Waals surface area contributed by atoms with E-state index in [1.165, 1.54) is 31.4 Å². The third-order valence-electron chi connectivity index (χ3n) is 3.55. The summed E-state index contributed by atoms with van der Waals surface area (Å²) >= 11 is 0. The zero-order valence-electron chi connectivity index (χ0n) is 11.2. The summed E-state index contributed by atoms with van der Waals surface area (Å²) in [5, 5.41) is 15.8. The van der Waals surface area contributed by atoms with Gasteiger partial charge in [0.25, 0.3) is 0 Å². The van der Waals surface area contributed by atoms with Crippen molar-refractivity contribution >= 4 is 5.69 Å². The summed E-state index contributed by atoms with van der Waals surface area (Å²) < 4.78 is 13.1. The largest absolute Gasteiger partial charge is 0.381 e. The summed E-state index contributed by atoms with van der Waals surface area (Å²) in [6.07, 6.45) is 4.77. The molecule has 1 saturated heterocycles. The average molecular weight is 261 g/mol. The van der Waals surface area contributed by atoms with Crippen LogP contribution in [-0.2, 0) is 0 Å². The first-order chi connectivity index (χ1) is 9.19. The first kappa shape index (κ1) is 13.8. The van der Waals surface area contributed by atoms with E-state index in [-0.39, 0.29) is 11.9 Å². The van der Waals surface area contributed by atoms with Crippen molar-refractivity contribution in [1.29, 1.82) is 5.26 Å². The number of anilines is 1. The monoisotopic (exact) mass is 261 g/mol. The van der Waals surface area contributed by atoms with Crippen LogP contribution in [0.3, 0.4) is 0 Å². The molecular weight excluding hydrogens is 241 g/mol. The van der Waals surface area contributed by atoms with Gasteiger partial charge in [0.05, 0.1) is 11.3 Å². The Kier molecular flexibility index (Phi) is 4.75. The van der Waals surface area contributed by atoms with E-state index in [9.17, 15) is 4.39 Å². The fourth-order valence-corrected chi connectivity index (χ4v) is 2.61. The molecule has 102 valence electrons. The third kappa shape index (κ3) is 3.93. The number of piperidine rings is 1. The van der Waals surface area contributed by atoms with Crippen molar-refractivity contribution in [2.24, 2.45) is 0 Å². The number of nitriles is 1. The van der Waals surface area contributed by atoms with Crippen molar-refractivity contribution in [3.05, 3.63) is 29.6 Å². The quantitative estimate of drug-likeness (QED) is 0.875. The molecule has 2 rings (SSSR count). The van der Waals surface area contributed by atoms with Gasteiger partial charge in [-0.2, -0.15) is 5.26 Å². The zero-order chi connectivity index (χ0) is 13.7. The van der Waals surface area contributed by atoms with E-state index in [1.807, 2.05) is 6.07 Å². The van der Waals surface area contributed by atoms with Crippen molar-refractivity contribution < 1.29 is 4.39 Å². The minimum atomic E-state index is -0.372. The van der Waals surface area contributed by atoms with Crippen LogP contribution in [0.1, 0.15) is 38.2 Å². The van der Waals surface area contributed by atoms with Crippen LogP contribution in [0.2, 0.25) is 0 Å². The number of hydrogen-bond acceptors (Lipinski definition) is 3. The van der Waals surface area contributed by atoms with E-state index in [0.717, 1.165) is 13.0 Å². The minimum absolute atomic E-state index is 0.258. The molecule has 4 heteroatoms. The van der Waals surface area contributed by atoms with Gasteiger partial charge in [-0.3, -0.25) is 0 Å². The Morgan fingerprint density at radius 1 is 1.53 bits per heavy atom. The molecule has 19 heavy (non-hydrogen) atoms. The highest BCUT2D eigenvalue weighted by atomic mass is 19.1. The van der Waals surface area contributed by atoms with Crippen LogP contribution in [-0.4, -0.2) is 18.6 Å². The molecule has 0 bridgehead atoms. The lowest BCUT2D eigenvalue weighted by molar-refractivity contribution is 0.371. The predicted molar refractivity (Wildman–Crippen MR) is 74.5 cm³/mol. The summed E-state index contributed by atoms with van der Waals surface area (Å²) in [6, 6.07) is 7.12. The highest BCUT2D eigenvalue weighted by Crippen LogP contribution is 2.19. The SMILES string of the molecule is CC(CC1CCCCN1)Nc1ccc(F)cc1C#N. The molecule has 2 atom stereocenters. The molecule has 0 saturated carbocycles. The van der Waals surface area contributed by atoms with Crippen LogP contribution >= 0.6 is 0 Å². The van der Waals surface area contributed by atoms with Crippen LogP contribution in [0.5, 0.6) is 0 Å². The molecule has 0 amide bonds. The maximum atomic E-state index is 13.1. The van der Waals surface area contributed by atoms with E-state index in [4.69, 9.17) is 5.26 Å². The van der Waals surface area contributed by atoms with Gasteiger partial charge in [-0.05, 0) is 50.9 Å². The van der Waals surface area contributed by atoms with E-state index in [0.29, 0.717) is 17.3 Å². The van der Waals surface area contributed by atoms with Crippen molar-refractivity contribution in [3.8, 4) is 6.07 Å². The maximum Gasteiger partial charge on any atom is 0.124 e. The second-order valence-electron chi connectivity index (χ2n) is 5.23. The maximum absolute atomic E-state index is 13.1. The zero-order valence-corrected chi connectivity index (χ0v) is 11.2. The van der Waals surface area contributed by atoms with Gasteiger partial charge in [-0.25, -0.2) is 4.39 Å². The molecule has 3 nitrogen and oxygen atoms in total. The molecule has 1 heterocycles. The molecule has 1 aromatic rings. The summed E-state index contributed by atoms with van der Waals surface area (Å²) in [7, 11) is 0. The fourth-order valence-electron chi connectivity index (χ4n) is 2.61. The number of halogens is 1. The van der Waals surface area contributed by atoms with Gasteiger partial charge in [0, 0.05) is 12.1 Å². The number of rotatable bonds is 4. The van der Waals surface area contributed by atoms with Crippen molar-refractivity contribution in [1.82, 2.24) is 5.32 Å². The van der Waals surface area contributed by atoms with E-state index in [1.54, 1.807) is 6.07 Å². The van der Waals surface area contributed by atoms with Gasteiger partial charge < -0.3 is 10.6 Å². The van der Waals surface area contributed by atoms with Gasteiger partial charge >= 0.3 is 0 Å². The Balaban J connectivity index is 1.94. The third-order valence-corrected chi connectivity index (χ3v) is 3.55. The summed E-state index contributed by atoms with van der Waals surface area (Å²) in [6.45, 7) is 3.19. The van der Waals surface area contributed by atoms with Gasteiger partial charge in [-0.15, -0.1) is 0 Å². The number of benzene rings is 1. The van der Waals surface area contributed by atoms with Gasteiger partial charge in [-0.1, -0.05) is 6.42 Å². The normalized spacial score (nSPS) is 20.6. The highest BCUT2D eigenvalue weighted by molar-refractivity contribution is 5.57. The highest BCUT2D eigenvalue weighted by Gasteiger charge is 2.16. The van der Waals surface area contributed by atoms with E-state index < -0.39 is 0 Å². The second-order valence-corrected chi connectivity index (χ2v) is 5.23. The van der Waals surface area contributed by atoms with Crippen LogP contribution < -0.4 is 10.6 Å². The lowest BCUT2D eigenvalue weighted by Crippen LogP contribution is -2.37. The Hall–Kier alpha value is -1.60. The number of nitrogens with zero attached hydrogens (tertiary/aromatic N) is 1. The second kappa shape index (κ2) is 6.53. The first-order valence-corrected chi connectivity index (χ1v) is 6.88. The smallest absolute Gasteiger partial charge is 0.124 e. The Bertz CT molecular complexity index is 461. The van der Waals surface area contributed by atoms with Gasteiger partial charge in [0.1, 0.15) is 11.9 Å². The standard InChI is InChI=1S/C15H20FN3/c1-11(8-14-4-2-3-7-18-14)19-15-6-5-13(16)9-12(15)10-17/h5-6,9,11,14,18-19H,2-4,7-8H2,1H3. The molecule has 0 radical (unpaired) electrons. The summed E-state index contributed by atoms with van der Waals surface area (Å²) in [5.41, 5.74) is 1.08.